The fourth-order valence-corrected chi connectivity index (χ4v) is 2.01. The lowest BCUT2D eigenvalue weighted by molar-refractivity contribution is 0.00578. The minimum atomic E-state index is -0.297. The van der Waals surface area contributed by atoms with E-state index in [0.717, 1.165) is 17.8 Å². The van der Waals surface area contributed by atoms with Gasteiger partial charge in [0.1, 0.15) is 0 Å². The first-order chi connectivity index (χ1) is 8.75. The van der Waals surface area contributed by atoms with Crippen molar-refractivity contribution in [1.29, 1.82) is 0 Å². The van der Waals surface area contributed by atoms with Gasteiger partial charge in [0, 0.05) is 18.3 Å². The van der Waals surface area contributed by atoms with Crippen molar-refractivity contribution in [1.82, 2.24) is 9.78 Å². The molecule has 0 atom stereocenters. The molecule has 0 radical (unpaired) electrons. The van der Waals surface area contributed by atoms with Gasteiger partial charge in [-0.15, -0.1) is 0 Å². The lowest BCUT2D eigenvalue weighted by Gasteiger charge is -2.32. The molecule has 0 aliphatic carbocycles. The van der Waals surface area contributed by atoms with Crippen molar-refractivity contribution in [3.63, 3.8) is 0 Å². The molecule has 0 amide bonds. The summed E-state index contributed by atoms with van der Waals surface area (Å²) in [4.78, 5) is 0. The van der Waals surface area contributed by atoms with E-state index in [1.165, 1.54) is 0 Å². The summed E-state index contributed by atoms with van der Waals surface area (Å²) in [7, 11) is -0.297. The van der Waals surface area contributed by atoms with Crippen molar-refractivity contribution in [3.8, 4) is 0 Å². The molecule has 1 aliphatic rings. The lowest BCUT2D eigenvalue weighted by atomic mass is 9.89. The van der Waals surface area contributed by atoms with Crippen molar-refractivity contribution in [2.24, 2.45) is 0 Å². The van der Waals surface area contributed by atoms with Gasteiger partial charge in [-0.25, -0.2) is 0 Å². The van der Waals surface area contributed by atoms with Gasteiger partial charge in [0.2, 0.25) is 0 Å². The van der Waals surface area contributed by atoms with Gasteiger partial charge in [0.15, 0.2) is 0 Å². The SMILES string of the molecule is CCn1cc(/C=C/B2OC(C)(C)C(C)(C)O2)c(C)n1. The number of aryl methyl sites for hydroxylation is 2. The average molecular weight is 262 g/mol. The van der Waals surface area contributed by atoms with Gasteiger partial charge in [-0.05, 0) is 41.5 Å². The second-order valence-corrected chi connectivity index (χ2v) is 6.01. The first kappa shape index (κ1) is 14.3. The maximum atomic E-state index is 5.92. The van der Waals surface area contributed by atoms with E-state index in [1.54, 1.807) is 0 Å². The molecule has 104 valence electrons. The minimum Gasteiger partial charge on any atom is -0.400 e. The lowest BCUT2D eigenvalue weighted by Crippen LogP contribution is -2.41. The third kappa shape index (κ3) is 2.77. The number of hydrogen-bond acceptors (Lipinski definition) is 3. The zero-order valence-corrected chi connectivity index (χ0v) is 12.7. The average Bonchev–Trinajstić information content (AvgIpc) is 2.74. The number of rotatable bonds is 3. The predicted octanol–water partition coefficient (Wildman–Crippen LogP) is 2.86. The fourth-order valence-electron chi connectivity index (χ4n) is 2.01. The van der Waals surface area contributed by atoms with Gasteiger partial charge < -0.3 is 9.31 Å². The van der Waals surface area contributed by atoms with Crippen LogP contribution in [-0.2, 0) is 15.9 Å². The van der Waals surface area contributed by atoms with Crippen molar-refractivity contribution in [2.45, 2.75) is 59.3 Å². The van der Waals surface area contributed by atoms with E-state index in [2.05, 4.69) is 39.7 Å². The quantitative estimate of drug-likeness (QED) is 0.786. The number of aromatic nitrogens is 2. The summed E-state index contributed by atoms with van der Waals surface area (Å²) in [5, 5.41) is 4.42. The molecule has 1 aliphatic heterocycles. The van der Waals surface area contributed by atoms with E-state index in [9.17, 15) is 0 Å². The molecule has 0 aromatic carbocycles. The Hall–Kier alpha value is -1.07. The van der Waals surface area contributed by atoms with Crippen molar-refractivity contribution in [2.75, 3.05) is 0 Å². The highest BCUT2D eigenvalue weighted by Crippen LogP contribution is 2.37. The van der Waals surface area contributed by atoms with E-state index in [1.807, 2.05) is 29.9 Å². The molecule has 1 aromatic heterocycles. The van der Waals surface area contributed by atoms with Gasteiger partial charge in [0.25, 0.3) is 0 Å². The minimum absolute atomic E-state index is 0.287. The molecule has 0 N–H and O–H groups in total. The van der Waals surface area contributed by atoms with Crippen LogP contribution in [0, 0.1) is 6.92 Å². The molecular formula is C14H23BN2O2. The monoisotopic (exact) mass is 262 g/mol. The highest BCUT2D eigenvalue weighted by molar-refractivity contribution is 6.52. The van der Waals surface area contributed by atoms with Crippen LogP contribution < -0.4 is 0 Å². The predicted molar refractivity (Wildman–Crippen MR) is 77.8 cm³/mol. The molecule has 2 heterocycles. The van der Waals surface area contributed by atoms with E-state index in [0.29, 0.717) is 0 Å². The van der Waals surface area contributed by atoms with Crippen LogP contribution in [0.1, 0.15) is 45.9 Å². The largest absolute Gasteiger partial charge is 0.487 e. The highest BCUT2D eigenvalue weighted by atomic mass is 16.7. The van der Waals surface area contributed by atoms with Gasteiger partial charge in [0.05, 0.1) is 16.9 Å². The van der Waals surface area contributed by atoms with Gasteiger partial charge in [-0.3, -0.25) is 4.68 Å². The first-order valence-corrected chi connectivity index (χ1v) is 6.83. The maximum Gasteiger partial charge on any atom is 0.487 e. The van der Waals surface area contributed by atoms with Crippen LogP contribution in [0.3, 0.4) is 0 Å². The van der Waals surface area contributed by atoms with Crippen molar-refractivity contribution in [3.05, 3.63) is 23.4 Å². The zero-order chi connectivity index (χ0) is 14.3. The Bertz CT molecular complexity index is 476. The van der Waals surface area contributed by atoms with Crippen LogP contribution in [0.5, 0.6) is 0 Å². The molecule has 1 saturated heterocycles. The van der Waals surface area contributed by atoms with Crippen LogP contribution in [-0.4, -0.2) is 28.1 Å². The van der Waals surface area contributed by atoms with E-state index >= 15 is 0 Å². The molecular weight excluding hydrogens is 239 g/mol. The van der Waals surface area contributed by atoms with Gasteiger partial charge in [-0.1, -0.05) is 12.1 Å². The fraction of sp³-hybridized carbons (Fsp3) is 0.643. The molecule has 0 unspecified atom stereocenters. The van der Waals surface area contributed by atoms with Crippen LogP contribution in [0.4, 0.5) is 0 Å². The summed E-state index contributed by atoms with van der Waals surface area (Å²) in [5.74, 6) is 1.96. The standard InChI is InChI=1S/C14H23BN2O2/c1-7-17-10-12(11(2)16-17)8-9-15-18-13(3,4)14(5,6)19-15/h8-10H,7H2,1-6H3/b9-8+. The molecule has 1 aromatic rings. The molecule has 19 heavy (non-hydrogen) atoms. The van der Waals surface area contributed by atoms with Gasteiger partial charge in [-0.2, -0.15) is 5.10 Å². The topological polar surface area (TPSA) is 36.3 Å². The Kier molecular flexibility index (Phi) is 3.62. The van der Waals surface area contributed by atoms with Crippen LogP contribution >= 0.6 is 0 Å². The molecule has 2 rings (SSSR count). The molecule has 0 bridgehead atoms. The van der Waals surface area contributed by atoms with Gasteiger partial charge >= 0.3 is 7.12 Å². The highest BCUT2D eigenvalue weighted by Gasteiger charge is 2.49. The van der Waals surface area contributed by atoms with Crippen molar-refractivity contribution < 1.29 is 9.31 Å². The Labute approximate surface area is 115 Å². The summed E-state index contributed by atoms with van der Waals surface area (Å²) in [6, 6.07) is 0. The molecule has 5 heteroatoms. The number of nitrogens with zero attached hydrogens (tertiary/aromatic N) is 2. The third-order valence-corrected chi connectivity index (χ3v) is 4.01. The summed E-state index contributed by atoms with van der Waals surface area (Å²) >= 11 is 0. The number of hydrogen-bond donors (Lipinski definition) is 0. The van der Waals surface area contributed by atoms with Crippen molar-refractivity contribution >= 4 is 13.2 Å². The van der Waals surface area contributed by atoms with E-state index in [-0.39, 0.29) is 18.3 Å². The second kappa shape index (κ2) is 4.80. The molecule has 0 spiro atoms. The third-order valence-electron chi connectivity index (χ3n) is 4.01. The summed E-state index contributed by atoms with van der Waals surface area (Å²) in [5.41, 5.74) is 1.56. The first-order valence-electron chi connectivity index (χ1n) is 6.83. The van der Waals surface area contributed by atoms with Crippen LogP contribution in [0.25, 0.3) is 6.08 Å². The zero-order valence-electron chi connectivity index (χ0n) is 12.7. The smallest absolute Gasteiger partial charge is 0.400 e. The molecule has 0 saturated carbocycles. The Morgan fingerprint density at radius 3 is 2.32 bits per heavy atom. The Balaban J connectivity index is 2.10. The van der Waals surface area contributed by atoms with Crippen LogP contribution in [0.15, 0.2) is 12.2 Å². The van der Waals surface area contributed by atoms with Crippen LogP contribution in [0.2, 0.25) is 0 Å². The summed E-state index contributed by atoms with van der Waals surface area (Å²) in [6.07, 6.45) is 4.06. The second-order valence-electron chi connectivity index (χ2n) is 6.01. The van der Waals surface area contributed by atoms with E-state index < -0.39 is 0 Å². The Morgan fingerprint density at radius 2 is 1.84 bits per heavy atom. The van der Waals surface area contributed by atoms with E-state index in [4.69, 9.17) is 9.31 Å². The molecule has 1 fully saturated rings. The molecule has 4 nitrogen and oxygen atoms in total. The summed E-state index contributed by atoms with van der Waals surface area (Å²) < 4.78 is 13.8. The normalized spacial score (nSPS) is 21.5. The summed E-state index contributed by atoms with van der Waals surface area (Å²) in [6.45, 7) is 13.2. The maximum absolute atomic E-state index is 5.92. The Morgan fingerprint density at radius 1 is 1.26 bits per heavy atom.